The van der Waals surface area contributed by atoms with E-state index in [1.165, 1.54) is 64.5 Å². The molecule has 206 valence electrons. The van der Waals surface area contributed by atoms with Gasteiger partial charge in [-0.2, -0.15) is 13.2 Å². The number of thioether (sulfide) groups is 1. The van der Waals surface area contributed by atoms with Crippen molar-refractivity contribution in [2.24, 2.45) is 17.8 Å². The zero-order valence-electron chi connectivity index (χ0n) is 22.0. The minimum atomic E-state index is -4.59. The van der Waals surface area contributed by atoms with Crippen molar-refractivity contribution in [3.05, 3.63) is 79.8 Å². The van der Waals surface area contributed by atoms with Crippen LogP contribution in [0.3, 0.4) is 0 Å². The van der Waals surface area contributed by atoms with E-state index in [1.54, 1.807) is 11.8 Å². The van der Waals surface area contributed by atoms with Gasteiger partial charge in [0.25, 0.3) is 0 Å². The fourth-order valence-electron chi connectivity index (χ4n) is 6.82. The number of hydrogen-bond acceptors (Lipinski definition) is 4. The number of benzene rings is 2. The van der Waals surface area contributed by atoms with Crippen LogP contribution in [-0.4, -0.2) is 15.7 Å². The average Bonchev–Trinajstić information content (AvgIpc) is 3.56. The third-order valence-electron chi connectivity index (χ3n) is 8.63. The Kier molecular flexibility index (Phi) is 6.53. The highest BCUT2D eigenvalue weighted by molar-refractivity contribution is 8.00. The maximum atomic E-state index is 13.4. The van der Waals surface area contributed by atoms with E-state index < -0.39 is 17.6 Å². The summed E-state index contributed by atoms with van der Waals surface area (Å²) >= 11 is 2.90. The van der Waals surface area contributed by atoms with E-state index in [2.05, 4.69) is 50.4 Å². The number of nitrogens with one attached hydrogen (secondary N) is 1. The van der Waals surface area contributed by atoms with Gasteiger partial charge in [-0.1, -0.05) is 68.5 Å². The maximum absolute atomic E-state index is 13.4. The quantitative estimate of drug-likeness (QED) is 0.352. The number of thiazole rings is 1. The van der Waals surface area contributed by atoms with Crippen LogP contribution in [0.5, 0.6) is 0 Å². The van der Waals surface area contributed by atoms with Crippen LogP contribution in [0.25, 0.3) is 0 Å². The third kappa shape index (κ3) is 4.75. The molecular formula is C30H31F3N2O2S2. The lowest BCUT2D eigenvalue weighted by molar-refractivity contribution is -0.137. The van der Waals surface area contributed by atoms with E-state index in [-0.39, 0.29) is 28.4 Å². The molecule has 2 aliphatic carbocycles. The van der Waals surface area contributed by atoms with E-state index in [1.807, 2.05) is 0 Å². The second kappa shape index (κ2) is 9.54. The van der Waals surface area contributed by atoms with Crippen LogP contribution in [0, 0.1) is 17.8 Å². The molecule has 2 aromatic carbocycles. The second-order valence-electron chi connectivity index (χ2n) is 12.1. The minimum Gasteiger partial charge on any atom is -0.324 e. The predicted octanol–water partition coefficient (Wildman–Crippen LogP) is 7.52. The lowest BCUT2D eigenvalue weighted by Gasteiger charge is -2.40. The van der Waals surface area contributed by atoms with E-state index in [4.69, 9.17) is 0 Å². The van der Waals surface area contributed by atoms with Crippen LogP contribution in [0.1, 0.15) is 67.5 Å². The van der Waals surface area contributed by atoms with E-state index in [9.17, 15) is 22.8 Å². The normalized spacial score (nSPS) is 25.8. The topological polar surface area (TPSA) is 51.1 Å². The molecule has 1 aromatic heterocycles. The second-order valence-corrected chi connectivity index (χ2v) is 14.2. The number of halogens is 3. The van der Waals surface area contributed by atoms with Crippen molar-refractivity contribution in [2.75, 3.05) is 5.32 Å². The van der Waals surface area contributed by atoms with Crippen molar-refractivity contribution >= 4 is 34.7 Å². The van der Waals surface area contributed by atoms with Gasteiger partial charge in [0.15, 0.2) is 0 Å². The van der Waals surface area contributed by atoms with E-state index >= 15 is 0 Å². The summed E-state index contributed by atoms with van der Waals surface area (Å²) in [6, 6.07) is 13.7. The maximum Gasteiger partial charge on any atom is 0.418 e. The van der Waals surface area contributed by atoms with Gasteiger partial charge in [-0.3, -0.25) is 14.2 Å². The Bertz CT molecular complexity index is 1470. The molecule has 3 aromatic rings. The summed E-state index contributed by atoms with van der Waals surface area (Å²) in [6.45, 7) is 6.25. The molecule has 39 heavy (non-hydrogen) atoms. The van der Waals surface area contributed by atoms with Gasteiger partial charge in [-0.25, -0.2) is 0 Å². The van der Waals surface area contributed by atoms with Gasteiger partial charge in [-0.05, 0) is 65.7 Å². The smallest absolute Gasteiger partial charge is 0.324 e. The monoisotopic (exact) mass is 572 g/mol. The average molecular weight is 573 g/mol. The summed E-state index contributed by atoms with van der Waals surface area (Å²) in [7, 11) is 0. The number of alkyl halides is 3. The first-order valence-electron chi connectivity index (χ1n) is 13.4. The first-order chi connectivity index (χ1) is 18.4. The molecular weight excluding hydrogens is 541 g/mol. The summed E-state index contributed by atoms with van der Waals surface area (Å²) in [5.41, 5.74) is 1.28. The van der Waals surface area contributed by atoms with Gasteiger partial charge in [0.2, 0.25) is 5.91 Å². The highest BCUT2D eigenvalue weighted by atomic mass is 32.2. The molecule has 2 fully saturated rings. The molecule has 6 rings (SSSR count). The van der Waals surface area contributed by atoms with Crippen molar-refractivity contribution in [3.63, 3.8) is 0 Å². The molecule has 2 saturated carbocycles. The van der Waals surface area contributed by atoms with Gasteiger partial charge < -0.3 is 5.32 Å². The van der Waals surface area contributed by atoms with Crippen LogP contribution in [0.15, 0.2) is 58.4 Å². The molecule has 5 atom stereocenters. The first-order valence-corrected chi connectivity index (χ1v) is 15.1. The van der Waals surface area contributed by atoms with Crippen LogP contribution in [-0.2, 0) is 22.9 Å². The molecule has 3 aliphatic rings. The van der Waals surface area contributed by atoms with Crippen LogP contribution in [0.2, 0.25) is 0 Å². The van der Waals surface area contributed by atoms with Crippen molar-refractivity contribution in [1.82, 2.24) is 4.57 Å². The molecule has 0 saturated heterocycles. The Morgan fingerprint density at radius 2 is 1.72 bits per heavy atom. The molecule has 4 unspecified atom stereocenters. The standard InChI is InChI=1S/C30H31F3N2O2S2/c1-29(2,3)19-12-10-16(11-13-19)23-24-17-8-9-18(14-17)25(24)38-27-26(23)39-28(37)35(27)15-22(36)34-21-7-5-4-6-20(21)30(31,32)33/h4-7,10-13,17-18,23-25H,8-9,14-15H2,1-3H3,(H,34,36)/t17?,18?,23-,24?,25?/m0/s1. The summed E-state index contributed by atoms with van der Waals surface area (Å²) < 4.78 is 41.8. The van der Waals surface area contributed by atoms with E-state index in [0.29, 0.717) is 23.0 Å². The van der Waals surface area contributed by atoms with Gasteiger partial charge in [-0.15, -0.1) is 11.8 Å². The molecule has 9 heteroatoms. The molecule has 1 N–H and O–H groups in total. The van der Waals surface area contributed by atoms with Crippen molar-refractivity contribution < 1.29 is 18.0 Å². The molecule has 2 heterocycles. The number of aromatic nitrogens is 1. The summed E-state index contributed by atoms with van der Waals surface area (Å²) in [4.78, 5) is 27.0. The fraction of sp³-hybridized carbons (Fsp3) is 0.467. The molecule has 4 nitrogen and oxygen atoms in total. The molecule has 1 amide bonds. The van der Waals surface area contributed by atoms with Crippen LogP contribution < -0.4 is 10.2 Å². The zero-order valence-corrected chi connectivity index (χ0v) is 23.7. The Balaban J connectivity index is 1.35. The highest BCUT2D eigenvalue weighted by Crippen LogP contribution is 2.64. The Morgan fingerprint density at radius 1 is 1.03 bits per heavy atom. The third-order valence-corrected chi connectivity index (χ3v) is 11.5. The summed E-state index contributed by atoms with van der Waals surface area (Å²) in [5.74, 6) is 1.10. The van der Waals surface area contributed by atoms with E-state index in [0.717, 1.165) is 16.0 Å². The number of fused-ring (bicyclic) bond motifs is 6. The Hall–Kier alpha value is -2.52. The number of rotatable bonds is 4. The molecule has 0 radical (unpaired) electrons. The first kappa shape index (κ1) is 26.7. The highest BCUT2D eigenvalue weighted by Gasteiger charge is 2.55. The number of nitrogens with zero attached hydrogens (tertiary/aromatic N) is 1. The summed E-state index contributed by atoms with van der Waals surface area (Å²) in [6.07, 6.45) is -0.987. The number of carbonyl (C=O) groups is 1. The number of anilines is 1. The fourth-order valence-corrected chi connectivity index (χ4v) is 9.97. The molecule has 2 bridgehead atoms. The number of carbonyl (C=O) groups excluding carboxylic acids is 1. The van der Waals surface area contributed by atoms with Gasteiger partial charge in [0, 0.05) is 16.0 Å². The molecule has 1 aliphatic heterocycles. The summed E-state index contributed by atoms with van der Waals surface area (Å²) in [5, 5.41) is 3.58. The largest absolute Gasteiger partial charge is 0.418 e. The predicted molar refractivity (Wildman–Crippen MR) is 150 cm³/mol. The number of para-hydroxylation sites is 1. The van der Waals surface area contributed by atoms with Crippen LogP contribution >= 0.6 is 23.1 Å². The van der Waals surface area contributed by atoms with Gasteiger partial charge >= 0.3 is 11.0 Å². The van der Waals surface area contributed by atoms with Crippen molar-refractivity contribution in [1.29, 1.82) is 0 Å². The Labute approximate surface area is 234 Å². The van der Waals surface area contributed by atoms with Gasteiger partial charge in [0.1, 0.15) is 6.54 Å². The number of hydrogen-bond donors (Lipinski definition) is 1. The van der Waals surface area contributed by atoms with Crippen LogP contribution in [0.4, 0.5) is 18.9 Å². The van der Waals surface area contributed by atoms with Gasteiger partial charge in [0.05, 0.1) is 16.3 Å². The minimum absolute atomic E-state index is 0.0350. The molecule has 0 spiro atoms. The lowest BCUT2D eigenvalue weighted by Crippen LogP contribution is -2.35. The Morgan fingerprint density at radius 3 is 2.41 bits per heavy atom. The SMILES string of the molecule is CC(C)(C)c1ccc([C@@H]2c3sc(=O)n(CC(=O)Nc4ccccc4C(F)(F)F)c3SC3C4CCC(C4)C32)cc1. The number of amides is 1. The lowest BCUT2D eigenvalue weighted by atomic mass is 9.74. The van der Waals surface area contributed by atoms with Crippen molar-refractivity contribution in [2.45, 2.75) is 74.4 Å². The zero-order chi connectivity index (χ0) is 27.7. The van der Waals surface area contributed by atoms with Crippen molar-refractivity contribution in [3.8, 4) is 0 Å².